The molecule has 0 aliphatic carbocycles. The molecule has 0 spiro atoms. The van der Waals surface area contributed by atoms with Gasteiger partial charge in [-0.25, -0.2) is 0 Å². The molecule has 1 aromatic rings. The summed E-state index contributed by atoms with van der Waals surface area (Å²) < 4.78 is 5.42. The Kier molecular flexibility index (Phi) is 5.15. The normalized spacial score (nSPS) is 20.9. The Morgan fingerprint density at radius 2 is 2.30 bits per heavy atom. The van der Waals surface area contributed by atoms with Gasteiger partial charge in [-0.2, -0.15) is 4.98 Å². The summed E-state index contributed by atoms with van der Waals surface area (Å²) in [6, 6.07) is 0. The minimum atomic E-state index is 0.204. The molecule has 1 amide bonds. The third-order valence-electron chi connectivity index (χ3n) is 4.10. The van der Waals surface area contributed by atoms with Gasteiger partial charge < -0.3 is 9.42 Å². The monoisotopic (exact) mass is 279 g/mol. The summed E-state index contributed by atoms with van der Waals surface area (Å²) >= 11 is 0. The van der Waals surface area contributed by atoms with E-state index in [2.05, 4.69) is 24.0 Å². The fourth-order valence-electron chi connectivity index (χ4n) is 2.57. The quantitative estimate of drug-likeness (QED) is 0.831. The molecule has 2 heterocycles. The molecule has 2 atom stereocenters. The molecule has 1 aliphatic rings. The van der Waals surface area contributed by atoms with Crippen molar-refractivity contribution in [1.82, 2.24) is 15.0 Å². The molecule has 0 aromatic carbocycles. The predicted octanol–water partition coefficient (Wildman–Crippen LogP) is 3.09. The van der Waals surface area contributed by atoms with Gasteiger partial charge in [-0.3, -0.25) is 4.79 Å². The van der Waals surface area contributed by atoms with Gasteiger partial charge in [0.15, 0.2) is 5.82 Å². The minimum Gasteiger partial charge on any atom is -0.342 e. The lowest BCUT2D eigenvalue weighted by Crippen LogP contribution is -2.39. The van der Waals surface area contributed by atoms with E-state index in [1.165, 1.54) is 0 Å². The number of nitrogens with zero attached hydrogens (tertiary/aromatic N) is 3. The van der Waals surface area contributed by atoms with Crippen LogP contribution in [0.3, 0.4) is 0 Å². The van der Waals surface area contributed by atoms with Crippen LogP contribution in [0.25, 0.3) is 0 Å². The second kappa shape index (κ2) is 6.86. The molecule has 112 valence electrons. The van der Waals surface area contributed by atoms with Crippen molar-refractivity contribution in [2.24, 2.45) is 0 Å². The van der Waals surface area contributed by atoms with Gasteiger partial charge >= 0.3 is 0 Å². The van der Waals surface area contributed by atoms with E-state index in [9.17, 15) is 4.79 Å². The highest BCUT2D eigenvalue weighted by molar-refractivity contribution is 5.76. The van der Waals surface area contributed by atoms with Crippen LogP contribution in [0.15, 0.2) is 4.52 Å². The fourth-order valence-corrected chi connectivity index (χ4v) is 2.57. The van der Waals surface area contributed by atoms with Gasteiger partial charge in [0.05, 0.1) is 5.92 Å². The van der Waals surface area contributed by atoms with Gasteiger partial charge in [-0.05, 0) is 25.7 Å². The van der Waals surface area contributed by atoms with E-state index in [1.807, 2.05) is 11.8 Å². The third kappa shape index (κ3) is 3.38. The van der Waals surface area contributed by atoms with Gasteiger partial charge in [-0.15, -0.1) is 0 Å². The molecule has 5 heteroatoms. The summed E-state index contributed by atoms with van der Waals surface area (Å²) in [6.07, 6.45) is 4.58. The van der Waals surface area contributed by atoms with Crippen molar-refractivity contribution in [2.75, 3.05) is 13.1 Å². The number of likely N-dealkylation sites (tertiary alicyclic amines) is 1. The first-order chi connectivity index (χ1) is 9.65. The zero-order valence-electron chi connectivity index (χ0n) is 12.8. The summed E-state index contributed by atoms with van der Waals surface area (Å²) in [5, 5.41) is 4.08. The van der Waals surface area contributed by atoms with E-state index in [0.717, 1.165) is 44.6 Å². The molecule has 0 unspecified atom stereocenters. The number of hydrogen-bond donors (Lipinski definition) is 0. The summed E-state index contributed by atoms with van der Waals surface area (Å²) in [6.45, 7) is 7.84. The number of piperidine rings is 1. The molecule has 2 rings (SSSR count). The number of amides is 1. The maximum Gasteiger partial charge on any atom is 0.231 e. The molecule has 0 bridgehead atoms. The molecule has 5 nitrogen and oxygen atoms in total. The standard InChI is InChI=1S/C15H25N3O2/c1-4-7-13(19)18-9-6-8-12(10-18)15-16-14(17-20-15)11(3)5-2/h11-12H,4-10H2,1-3H3/t11-,12-/m1/s1. The largest absolute Gasteiger partial charge is 0.342 e. The molecule has 0 radical (unpaired) electrons. The summed E-state index contributed by atoms with van der Waals surface area (Å²) in [5.74, 6) is 2.27. The Labute approximate surface area is 120 Å². The van der Waals surface area contributed by atoms with Crippen LogP contribution in [0, 0.1) is 0 Å². The number of hydrogen-bond acceptors (Lipinski definition) is 4. The van der Waals surface area contributed by atoms with Crippen molar-refractivity contribution in [3.05, 3.63) is 11.7 Å². The van der Waals surface area contributed by atoms with Crippen LogP contribution in [0.5, 0.6) is 0 Å². The van der Waals surface area contributed by atoms with Crippen molar-refractivity contribution in [1.29, 1.82) is 0 Å². The third-order valence-corrected chi connectivity index (χ3v) is 4.10. The SMILES string of the molecule is CCCC(=O)N1CCC[C@@H](c2nc([C@H](C)CC)no2)C1. The topological polar surface area (TPSA) is 59.2 Å². The Balaban J connectivity index is 2.01. The summed E-state index contributed by atoms with van der Waals surface area (Å²) in [4.78, 5) is 18.5. The molecule has 1 saturated heterocycles. The lowest BCUT2D eigenvalue weighted by molar-refractivity contribution is -0.132. The fraction of sp³-hybridized carbons (Fsp3) is 0.800. The van der Waals surface area contributed by atoms with Crippen molar-refractivity contribution in [2.45, 2.75) is 64.7 Å². The first-order valence-electron chi connectivity index (χ1n) is 7.76. The van der Waals surface area contributed by atoms with Crippen molar-refractivity contribution >= 4 is 5.91 Å². The zero-order chi connectivity index (χ0) is 14.5. The van der Waals surface area contributed by atoms with E-state index in [0.29, 0.717) is 18.2 Å². The molecule has 0 N–H and O–H groups in total. The average molecular weight is 279 g/mol. The van der Waals surface area contributed by atoms with Crippen LogP contribution >= 0.6 is 0 Å². The van der Waals surface area contributed by atoms with E-state index in [4.69, 9.17) is 4.52 Å². The van der Waals surface area contributed by atoms with Crippen LogP contribution < -0.4 is 0 Å². The molecular formula is C15H25N3O2. The van der Waals surface area contributed by atoms with Gasteiger partial charge in [0.2, 0.25) is 11.8 Å². The maximum absolute atomic E-state index is 12.0. The number of carbonyl (C=O) groups excluding carboxylic acids is 1. The van der Waals surface area contributed by atoms with Gasteiger partial charge in [0.1, 0.15) is 0 Å². The van der Waals surface area contributed by atoms with Gasteiger partial charge in [0.25, 0.3) is 0 Å². The van der Waals surface area contributed by atoms with Gasteiger partial charge in [-0.1, -0.05) is 25.9 Å². The smallest absolute Gasteiger partial charge is 0.231 e. The van der Waals surface area contributed by atoms with E-state index >= 15 is 0 Å². The average Bonchev–Trinajstić information content (AvgIpc) is 2.96. The van der Waals surface area contributed by atoms with Crippen LogP contribution in [-0.2, 0) is 4.79 Å². The molecule has 1 aliphatic heterocycles. The number of aromatic nitrogens is 2. The molecule has 1 fully saturated rings. The van der Waals surface area contributed by atoms with Gasteiger partial charge in [0, 0.05) is 25.4 Å². The van der Waals surface area contributed by atoms with E-state index in [1.54, 1.807) is 0 Å². The second-order valence-corrected chi connectivity index (χ2v) is 5.73. The zero-order valence-corrected chi connectivity index (χ0v) is 12.8. The van der Waals surface area contributed by atoms with Crippen molar-refractivity contribution in [3.63, 3.8) is 0 Å². The lowest BCUT2D eigenvalue weighted by Gasteiger charge is -2.31. The van der Waals surface area contributed by atoms with Crippen LogP contribution in [-0.4, -0.2) is 34.0 Å². The van der Waals surface area contributed by atoms with E-state index in [-0.39, 0.29) is 11.8 Å². The summed E-state index contributed by atoms with van der Waals surface area (Å²) in [5.41, 5.74) is 0. The maximum atomic E-state index is 12.0. The first-order valence-corrected chi connectivity index (χ1v) is 7.76. The first kappa shape index (κ1) is 15.0. The Bertz CT molecular complexity index is 444. The highest BCUT2D eigenvalue weighted by Crippen LogP contribution is 2.27. The molecule has 0 saturated carbocycles. The van der Waals surface area contributed by atoms with Crippen LogP contribution in [0.1, 0.15) is 76.4 Å². The Morgan fingerprint density at radius 1 is 1.50 bits per heavy atom. The molecular weight excluding hydrogens is 254 g/mol. The van der Waals surface area contributed by atoms with Crippen molar-refractivity contribution in [3.8, 4) is 0 Å². The highest BCUT2D eigenvalue weighted by atomic mass is 16.5. The van der Waals surface area contributed by atoms with Crippen LogP contribution in [0.4, 0.5) is 0 Å². The van der Waals surface area contributed by atoms with Crippen molar-refractivity contribution < 1.29 is 9.32 Å². The van der Waals surface area contributed by atoms with E-state index < -0.39 is 0 Å². The predicted molar refractivity (Wildman–Crippen MR) is 76.5 cm³/mol. The number of carbonyl (C=O) groups is 1. The summed E-state index contributed by atoms with van der Waals surface area (Å²) in [7, 11) is 0. The lowest BCUT2D eigenvalue weighted by atomic mass is 9.97. The minimum absolute atomic E-state index is 0.204. The van der Waals surface area contributed by atoms with Crippen LogP contribution in [0.2, 0.25) is 0 Å². The highest BCUT2D eigenvalue weighted by Gasteiger charge is 2.28. The Hall–Kier alpha value is -1.39. The Morgan fingerprint density at radius 3 is 3.00 bits per heavy atom. The molecule has 20 heavy (non-hydrogen) atoms. The second-order valence-electron chi connectivity index (χ2n) is 5.73. The number of rotatable bonds is 5. The molecule has 1 aromatic heterocycles.